The van der Waals surface area contributed by atoms with Gasteiger partial charge in [-0.15, -0.1) is 0 Å². The topological polar surface area (TPSA) is 26.3 Å². The van der Waals surface area contributed by atoms with Gasteiger partial charge in [-0.3, -0.25) is 0 Å². The first-order valence-electron chi connectivity index (χ1n) is 2.38. The Hall–Kier alpha value is 0.288. The third-order valence-corrected chi connectivity index (χ3v) is 3.22. The maximum atomic E-state index is 10.4. The number of rotatable bonds is 2. The zero-order chi connectivity index (χ0) is 6.57. The number of carbonyl (C=O) groups is 1. The average molecular weight is 225 g/mol. The summed E-state index contributed by atoms with van der Waals surface area (Å²) in [6.45, 7) is 0. The average Bonchev–Trinajstić information content (AvgIpc) is 1.65. The van der Waals surface area contributed by atoms with Crippen LogP contribution in [0.15, 0.2) is 0 Å². The van der Waals surface area contributed by atoms with Gasteiger partial charge in [0.1, 0.15) is 0 Å². The predicted molar refractivity (Wildman–Crippen MR) is 34.3 cm³/mol. The molecule has 0 aliphatic carbocycles. The van der Waals surface area contributed by atoms with Crippen molar-refractivity contribution in [3.8, 4) is 0 Å². The summed E-state index contributed by atoms with van der Waals surface area (Å²) in [5.74, 6) is -0.0435. The molecule has 0 amide bonds. The zero-order valence-corrected chi connectivity index (χ0v) is 8.02. The standard InChI is InChI=1S/C3H5O2.2CH3.Sb/c1-3(4)5-2;;;/h1H2,2H3;2*1H3;. The molecule has 0 aromatic rings. The third kappa shape index (κ3) is 4.45. The Balaban J connectivity index is 3.25. The Morgan fingerprint density at radius 1 is 1.62 bits per heavy atom. The summed E-state index contributed by atoms with van der Waals surface area (Å²) in [6, 6.07) is 0. The molecule has 0 bridgehead atoms. The fourth-order valence-electron chi connectivity index (χ4n) is 0.323. The van der Waals surface area contributed by atoms with Crippen LogP contribution in [-0.4, -0.2) is 33.3 Å². The molecule has 0 saturated carbocycles. The first-order chi connectivity index (χ1) is 3.66. The van der Waals surface area contributed by atoms with Gasteiger partial charge in [-0.2, -0.15) is 0 Å². The van der Waals surface area contributed by atoms with Gasteiger partial charge in [-0.1, -0.05) is 0 Å². The van der Waals surface area contributed by atoms with Gasteiger partial charge in [0.05, 0.1) is 0 Å². The van der Waals surface area contributed by atoms with Crippen LogP contribution in [0.2, 0.25) is 14.1 Å². The van der Waals surface area contributed by atoms with E-state index in [2.05, 4.69) is 14.5 Å². The van der Waals surface area contributed by atoms with E-state index in [0.29, 0.717) is 4.37 Å². The molecule has 0 aromatic carbocycles. The van der Waals surface area contributed by atoms with Crippen LogP contribution in [0, 0.1) is 0 Å². The van der Waals surface area contributed by atoms with E-state index in [1.807, 2.05) is 0 Å². The van der Waals surface area contributed by atoms with Gasteiger partial charge in [0.15, 0.2) is 0 Å². The Kier molecular flexibility index (Phi) is 4.35. The number of ether oxygens (including phenoxy) is 1. The monoisotopic (exact) mass is 224 g/mol. The van der Waals surface area contributed by atoms with E-state index < -0.39 is 20.2 Å². The van der Waals surface area contributed by atoms with E-state index in [9.17, 15) is 4.79 Å². The first-order valence-corrected chi connectivity index (χ1v) is 9.29. The van der Waals surface area contributed by atoms with Crippen molar-refractivity contribution in [1.82, 2.24) is 0 Å². The quantitative estimate of drug-likeness (QED) is 0.515. The predicted octanol–water partition coefficient (Wildman–Crippen LogP) is 0.914. The summed E-state index contributed by atoms with van der Waals surface area (Å²) >= 11 is -1.08. The Bertz CT molecular complexity index is 80.5. The van der Waals surface area contributed by atoms with Crippen molar-refractivity contribution in [3.63, 3.8) is 0 Å². The van der Waals surface area contributed by atoms with Gasteiger partial charge in [0.25, 0.3) is 0 Å². The molecule has 8 heavy (non-hydrogen) atoms. The normalized spacial score (nSPS) is 9.50. The molecule has 0 spiro atoms. The molecule has 0 aliphatic heterocycles. The molecular formula is C5H11O2Sb. The van der Waals surface area contributed by atoms with Crippen LogP contribution in [0.25, 0.3) is 0 Å². The van der Waals surface area contributed by atoms with Crippen molar-refractivity contribution < 1.29 is 9.53 Å². The van der Waals surface area contributed by atoms with Crippen molar-refractivity contribution in [2.45, 2.75) is 14.1 Å². The van der Waals surface area contributed by atoms with E-state index in [4.69, 9.17) is 0 Å². The van der Waals surface area contributed by atoms with E-state index in [-0.39, 0.29) is 5.97 Å². The molecule has 48 valence electrons. The second kappa shape index (κ2) is 4.20. The van der Waals surface area contributed by atoms with Crippen LogP contribution >= 0.6 is 0 Å². The van der Waals surface area contributed by atoms with Gasteiger partial charge in [-0.25, -0.2) is 0 Å². The molecule has 0 saturated heterocycles. The van der Waals surface area contributed by atoms with Crippen LogP contribution in [0.4, 0.5) is 0 Å². The maximum absolute atomic E-state index is 10.4. The fourth-order valence-corrected chi connectivity index (χ4v) is 2.17. The second-order valence-electron chi connectivity index (χ2n) is 1.81. The number of hydrogen-bond donors (Lipinski definition) is 0. The molecule has 0 atom stereocenters. The van der Waals surface area contributed by atoms with Crippen molar-refractivity contribution in [3.05, 3.63) is 0 Å². The molecular weight excluding hydrogens is 214 g/mol. The minimum atomic E-state index is -1.08. The summed E-state index contributed by atoms with van der Waals surface area (Å²) in [6.07, 6.45) is 0. The van der Waals surface area contributed by atoms with Crippen LogP contribution in [0.3, 0.4) is 0 Å². The molecule has 3 heteroatoms. The van der Waals surface area contributed by atoms with Crippen molar-refractivity contribution >= 4 is 26.2 Å². The van der Waals surface area contributed by atoms with Gasteiger partial charge in [0, 0.05) is 0 Å². The number of hydrogen-bond acceptors (Lipinski definition) is 2. The molecule has 0 fully saturated rings. The molecule has 0 rings (SSSR count). The second-order valence-corrected chi connectivity index (χ2v) is 8.88. The Morgan fingerprint density at radius 3 is 2.25 bits per heavy atom. The van der Waals surface area contributed by atoms with Gasteiger partial charge in [-0.05, 0) is 0 Å². The Morgan fingerprint density at radius 2 is 2.12 bits per heavy atom. The van der Waals surface area contributed by atoms with Crippen LogP contribution < -0.4 is 0 Å². The summed E-state index contributed by atoms with van der Waals surface area (Å²) in [5.41, 5.74) is 0. The molecule has 0 N–H and O–H groups in total. The third-order valence-electron chi connectivity index (χ3n) is 0.673. The zero-order valence-electron chi connectivity index (χ0n) is 5.47. The van der Waals surface area contributed by atoms with Crippen LogP contribution in [0.5, 0.6) is 0 Å². The molecule has 0 aromatic heterocycles. The van der Waals surface area contributed by atoms with E-state index in [1.54, 1.807) is 0 Å². The Labute approximate surface area is 57.2 Å². The van der Waals surface area contributed by atoms with E-state index in [1.165, 1.54) is 7.11 Å². The van der Waals surface area contributed by atoms with Crippen LogP contribution in [0.1, 0.15) is 0 Å². The van der Waals surface area contributed by atoms with Crippen molar-refractivity contribution in [1.29, 1.82) is 0 Å². The summed E-state index contributed by atoms with van der Waals surface area (Å²) < 4.78 is 5.18. The first kappa shape index (κ1) is 8.29. The summed E-state index contributed by atoms with van der Waals surface area (Å²) in [5, 5.41) is 0. The van der Waals surface area contributed by atoms with E-state index in [0.717, 1.165) is 0 Å². The molecule has 0 unspecified atom stereocenters. The van der Waals surface area contributed by atoms with E-state index >= 15 is 0 Å². The minimum absolute atomic E-state index is 0.0435. The SMILES string of the molecule is COC(=O)[CH2][Sb]([CH3])[CH3]. The molecule has 2 nitrogen and oxygen atoms in total. The summed E-state index contributed by atoms with van der Waals surface area (Å²) in [7, 11) is 1.44. The van der Waals surface area contributed by atoms with Crippen molar-refractivity contribution in [2.24, 2.45) is 0 Å². The molecule has 0 radical (unpaired) electrons. The van der Waals surface area contributed by atoms with Gasteiger partial charge in [0.2, 0.25) is 0 Å². The molecule has 0 heterocycles. The number of carbonyl (C=O) groups excluding carboxylic acids is 1. The molecule has 0 aliphatic rings. The number of esters is 1. The van der Waals surface area contributed by atoms with Gasteiger partial charge >= 0.3 is 56.9 Å². The summed E-state index contributed by atoms with van der Waals surface area (Å²) in [4.78, 5) is 14.8. The fraction of sp³-hybridized carbons (Fsp3) is 0.800. The number of methoxy groups -OCH3 is 1. The van der Waals surface area contributed by atoms with Crippen LogP contribution in [-0.2, 0) is 9.53 Å². The van der Waals surface area contributed by atoms with Gasteiger partial charge < -0.3 is 0 Å². The van der Waals surface area contributed by atoms with Crippen molar-refractivity contribution in [2.75, 3.05) is 7.11 Å².